The lowest BCUT2D eigenvalue weighted by Crippen LogP contribution is -2.64. The fourth-order valence-corrected chi connectivity index (χ4v) is 6.67. The molecule has 118 valence electrons. The summed E-state index contributed by atoms with van der Waals surface area (Å²) in [6.45, 7) is 6.00. The number of nitrogens with two attached hydrogens (primary N) is 1. The SMILES string of the molecule is CC1CCC(CN)(N2CCSCC2S(C)(=O)=O)CC1C. The van der Waals surface area contributed by atoms with Crippen LogP contribution in [0.2, 0.25) is 0 Å². The van der Waals surface area contributed by atoms with Crippen LogP contribution in [0.15, 0.2) is 0 Å². The lowest BCUT2D eigenvalue weighted by atomic mass is 9.70. The Labute approximate surface area is 127 Å². The molecule has 0 amide bonds. The van der Waals surface area contributed by atoms with E-state index in [-0.39, 0.29) is 10.9 Å². The molecule has 0 bridgehead atoms. The van der Waals surface area contributed by atoms with Crippen molar-refractivity contribution in [1.82, 2.24) is 4.90 Å². The number of nitrogens with zero attached hydrogens (tertiary/aromatic N) is 1. The van der Waals surface area contributed by atoms with Gasteiger partial charge in [0.2, 0.25) is 0 Å². The second-order valence-corrected chi connectivity index (χ2v) is 10.0. The molecule has 1 saturated carbocycles. The maximum absolute atomic E-state index is 12.1. The smallest absolute Gasteiger partial charge is 0.164 e. The van der Waals surface area contributed by atoms with Crippen molar-refractivity contribution < 1.29 is 8.42 Å². The normalized spacial score (nSPS) is 40.7. The van der Waals surface area contributed by atoms with Crippen LogP contribution in [0.25, 0.3) is 0 Å². The lowest BCUT2D eigenvalue weighted by Gasteiger charge is -2.53. The molecule has 2 N–H and O–H groups in total. The van der Waals surface area contributed by atoms with E-state index in [4.69, 9.17) is 5.73 Å². The van der Waals surface area contributed by atoms with E-state index < -0.39 is 9.84 Å². The minimum Gasteiger partial charge on any atom is -0.329 e. The Bertz CT molecular complexity index is 440. The van der Waals surface area contributed by atoms with Crippen LogP contribution in [0.5, 0.6) is 0 Å². The number of sulfone groups is 1. The van der Waals surface area contributed by atoms with Gasteiger partial charge in [0, 0.05) is 36.4 Å². The van der Waals surface area contributed by atoms with Crippen LogP contribution in [0.4, 0.5) is 0 Å². The Morgan fingerprint density at radius 2 is 2.05 bits per heavy atom. The van der Waals surface area contributed by atoms with Gasteiger partial charge in [0.25, 0.3) is 0 Å². The average molecular weight is 321 g/mol. The molecule has 0 aromatic rings. The Morgan fingerprint density at radius 1 is 1.35 bits per heavy atom. The van der Waals surface area contributed by atoms with Gasteiger partial charge in [0.1, 0.15) is 5.37 Å². The molecule has 6 heteroatoms. The molecule has 4 unspecified atom stereocenters. The first-order chi connectivity index (χ1) is 9.30. The number of hydrogen-bond acceptors (Lipinski definition) is 5. The quantitative estimate of drug-likeness (QED) is 0.855. The summed E-state index contributed by atoms with van der Waals surface area (Å²) >= 11 is 1.75. The minimum absolute atomic E-state index is 0.110. The minimum atomic E-state index is -3.05. The van der Waals surface area contributed by atoms with Crippen molar-refractivity contribution in [3.05, 3.63) is 0 Å². The molecule has 1 heterocycles. The Kier molecular flexibility index (Phi) is 5.10. The van der Waals surface area contributed by atoms with Crippen molar-refractivity contribution in [2.24, 2.45) is 17.6 Å². The lowest BCUT2D eigenvalue weighted by molar-refractivity contribution is 0.0181. The maximum atomic E-state index is 12.1. The first kappa shape index (κ1) is 16.6. The Morgan fingerprint density at radius 3 is 2.60 bits per heavy atom. The van der Waals surface area contributed by atoms with E-state index >= 15 is 0 Å². The van der Waals surface area contributed by atoms with Crippen LogP contribution in [-0.4, -0.2) is 55.1 Å². The molecule has 4 atom stereocenters. The van der Waals surface area contributed by atoms with E-state index in [0.29, 0.717) is 24.1 Å². The van der Waals surface area contributed by atoms with Crippen molar-refractivity contribution in [3.63, 3.8) is 0 Å². The molecule has 0 aromatic heterocycles. The van der Waals surface area contributed by atoms with Gasteiger partial charge in [-0.1, -0.05) is 13.8 Å². The summed E-state index contributed by atoms with van der Waals surface area (Å²) in [6.07, 6.45) is 4.58. The monoisotopic (exact) mass is 320 g/mol. The number of rotatable bonds is 3. The summed E-state index contributed by atoms with van der Waals surface area (Å²) in [7, 11) is -3.05. The molecule has 2 rings (SSSR count). The summed E-state index contributed by atoms with van der Waals surface area (Å²) < 4.78 is 24.3. The van der Waals surface area contributed by atoms with E-state index in [9.17, 15) is 8.42 Å². The van der Waals surface area contributed by atoms with E-state index in [2.05, 4.69) is 18.7 Å². The van der Waals surface area contributed by atoms with E-state index in [1.165, 1.54) is 6.26 Å². The van der Waals surface area contributed by atoms with Gasteiger partial charge in [0.05, 0.1) is 0 Å². The van der Waals surface area contributed by atoms with Crippen LogP contribution in [0.1, 0.15) is 33.1 Å². The van der Waals surface area contributed by atoms with Gasteiger partial charge in [0.15, 0.2) is 9.84 Å². The van der Waals surface area contributed by atoms with Crippen LogP contribution in [0.3, 0.4) is 0 Å². The molecule has 1 saturated heterocycles. The molecule has 0 aromatic carbocycles. The van der Waals surface area contributed by atoms with Gasteiger partial charge in [-0.15, -0.1) is 0 Å². The molecule has 2 aliphatic rings. The molecule has 1 aliphatic carbocycles. The van der Waals surface area contributed by atoms with Crippen LogP contribution in [-0.2, 0) is 9.84 Å². The molecule has 0 radical (unpaired) electrons. The summed E-state index contributed by atoms with van der Waals surface area (Å²) in [5.41, 5.74) is 6.03. The highest BCUT2D eigenvalue weighted by atomic mass is 32.2. The molecule has 20 heavy (non-hydrogen) atoms. The summed E-state index contributed by atoms with van der Waals surface area (Å²) in [4.78, 5) is 2.24. The topological polar surface area (TPSA) is 63.4 Å². The summed E-state index contributed by atoms with van der Waals surface area (Å²) in [5.74, 6) is 3.02. The van der Waals surface area contributed by atoms with Crippen LogP contribution in [0, 0.1) is 11.8 Å². The molecular formula is C14H28N2O2S2. The number of thioether (sulfide) groups is 1. The van der Waals surface area contributed by atoms with Crippen molar-refractivity contribution in [2.45, 2.75) is 44.0 Å². The van der Waals surface area contributed by atoms with Crippen molar-refractivity contribution in [2.75, 3.05) is 30.9 Å². The number of hydrogen-bond donors (Lipinski definition) is 1. The first-order valence-corrected chi connectivity index (χ1v) is 10.6. The van der Waals surface area contributed by atoms with Crippen LogP contribution < -0.4 is 5.73 Å². The zero-order valence-corrected chi connectivity index (χ0v) is 14.5. The second kappa shape index (κ2) is 6.15. The molecule has 1 aliphatic heterocycles. The van der Waals surface area contributed by atoms with E-state index in [1.54, 1.807) is 11.8 Å². The fourth-order valence-electron chi connectivity index (χ4n) is 3.73. The van der Waals surface area contributed by atoms with Gasteiger partial charge in [-0.25, -0.2) is 8.42 Å². The van der Waals surface area contributed by atoms with Gasteiger partial charge in [-0.3, -0.25) is 4.90 Å². The Hall–Kier alpha value is 0.220. The van der Waals surface area contributed by atoms with Crippen molar-refractivity contribution >= 4 is 21.6 Å². The summed E-state index contributed by atoms with van der Waals surface area (Å²) in [6, 6.07) is 0. The highest BCUT2D eigenvalue weighted by Gasteiger charge is 2.47. The summed E-state index contributed by atoms with van der Waals surface area (Å²) in [5, 5.41) is -0.356. The molecule has 0 spiro atoms. The van der Waals surface area contributed by atoms with Gasteiger partial charge in [-0.05, 0) is 31.1 Å². The highest BCUT2D eigenvalue weighted by Crippen LogP contribution is 2.42. The molecule has 4 nitrogen and oxygen atoms in total. The van der Waals surface area contributed by atoms with Crippen LogP contribution >= 0.6 is 11.8 Å². The third kappa shape index (κ3) is 3.18. The van der Waals surface area contributed by atoms with Gasteiger partial charge in [-0.2, -0.15) is 11.8 Å². The predicted molar refractivity (Wildman–Crippen MR) is 86.6 cm³/mol. The third-order valence-corrected chi connectivity index (χ3v) is 7.95. The first-order valence-electron chi connectivity index (χ1n) is 7.53. The van der Waals surface area contributed by atoms with E-state index in [0.717, 1.165) is 31.6 Å². The third-order valence-electron chi connectivity index (χ3n) is 5.31. The standard InChI is InChI=1S/C14H28N2O2S2/c1-11-4-5-14(10-15,8-12(11)2)16-6-7-19-9-13(16)20(3,17)18/h11-13H,4-10,15H2,1-3H3. The zero-order valence-electron chi connectivity index (χ0n) is 12.8. The fraction of sp³-hybridized carbons (Fsp3) is 1.00. The van der Waals surface area contributed by atoms with Gasteiger partial charge >= 0.3 is 0 Å². The van der Waals surface area contributed by atoms with Crippen molar-refractivity contribution in [1.29, 1.82) is 0 Å². The predicted octanol–water partition coefficient (Wildman–Crippen LogP) is 1.56. The highest BCUT2D eigenvalue weighted by molar-refractivity contribution is 8.00. The molecule has 2 fully saturated rings. The molecular weight excluding hydrogens is 292 g/mol. The van der Waals surface area contributed by atoms with E-state index in [1.807, 2.05) is 0 Å². The zero-order chi connectivity index (χ0) is 15.0. The maximum Gasteiger partial charge on any atom is 0.164 e. The van der Waals surface area contributed by atoms with Gasteiger partial charge < -0.3 is 5.73 Å². The van der Waals surface area contributed by atoms with Crippen molar-refractivity contribution in [3.8, 4) is 0 Å². The Balaban J connectivity index is 2.29. The largest absolute Gasteiger partial charge is 0.329 e. The average Bonchev–Trinajstić information content (AvgIpc) is 2.41. The second-order valence-electron chi connectivity index (χ2n) is 6.68.